The average molecular weight is 220 g/mol. The van der Waals surface area contributed by atoms with Gasteiger partial charge in [-0.1, -0.05) is 0 Å². The van der Waals surface area contributed by atoms with E-state index in [4.69, 9.17) is 22.6 Å². The summed E-state index contributed by atoms with van der Waals surface area (Å²) >= 11 is 0. The summed E-state index contributed by atoms with van der Waals surface area (Å²) in [6.45, 7) is 0.768. The van der Waals surface area contributed by atoms with Crippen LogP contribution < -0.4 is 12.0 Å². The first-order chi connectivity index (χ1) is 5.41. The third-order valence-electron chi connectivity index (χ3n) is 0.670. The van der Waals surface area contributed by atoms with E-state index in [-0.39, 0.29) is 12.8 Å². The second kappa shape index (κ2) is 11.7. The minimum absolute atomic E-state index is 0. The van der Waals surface area contributed by atoms with Crippen LogP contribution in [0.1, 0.15) is 12.8 Å². The molecule has 13 heavy (non-hydrogen) atoms. The Morgan fingerprint density at radius 2 is 1.62 bits per heavy atom. The standard InChI is InChI=1S/C4H11NO2.H3N.H2O4S/c5-7-4-2-1-3-6;;1-5(2,3)4/h6H,1-5H2;1H3;(H2,1,2,3,4). The van der Waals surface area contributed by atoms with Gasteiger partial charge in [-0.15, -0.1) is 0 Å². The molecule has 9 heteroatoms. The number of aliphatic hydroxyl groups excluding tert-OH is 1. The maximum absolute atomic E-state index is 8.74. The van der Waals surface area contributed by atoms with Crippen molar-refractivity contribution in [2.45, 2.75) is 12.8 Å². The molecular weight excluding hydrogens is 204 g/mol. The normalized spacial score (nSPS) is 9.54. The van der Waals surface area contributed by atoms with Crippen molar-refractivity contribution in [2.24, 2.45) is 5.90 Å². The van der Waals surface area contributed by atoms with Crippen LogP contribution in [-0.4, -0.2) is 35.8 Å². The van der Waals surface area contributed by atoms with Crippen LogP contribution in [0.25, 0.3) is 0 Å². The molecule has 8 N–H and O–H groups in total. The first kappa shape index (κ1) is 18.5. The number of rotatable bonds is 4. The molecule has 0 heterocycles. The molecule has 0 unspecified atom stereocenters. The van der Waals surface area contributed by atoms with E-state index in [9.17, 15) is 0 Å². The lowest BCUT2D eigenvalue weighted by Crippen LogP contribution is -2.00. The molecule has 0 saturated heterocycles. The average Bonchev–Trinajstić information content (AvgIpc) is 1.85. The highest BCUT2D eigenvalue weighted by atomic mass is 32.3. The molecule has 0 radical (unpaired) electrons. The zero-order valence-corrected chi connectivity index (χ0v) is 7.90. The molecular formula is C4H16N2O6S. The zero-order valence-electron chi connectivity index (χ0n) is 7.09. The largest absolute Gasteiger partial charge is 0.396 e. The van der Waals surface area contributed by atoms with E-state index in [0.29, 0.717) is 6.61 Å². The van der Waals surface area contributed by atoms with Gasteiger partial charge in [0, 0.05) is 6.61 Å². The zero-order chi connectivity index (χ0) is 10.0. The third kappa shape index (κ3) is 80.2. The Kier molecular flexibility index (Phi) is 16.7. The van der Waals surface area contributed by atoms with Crippen molar-refractivity contribution in [3.63, 3.8) is 0 Å². The van der Waals surface area contributed by atoms with Crippen molar-refractivity contribution in [1.29, 1.82) is 0 Å². The monoisotopic (exact) mass is 220 g/mol. The molecule has 84 valence electrons. The molecule has 0 spiro atoms. The van der Waals surface area contributed by atoms with Crippen molar-refractivity contribution in [3.05, 3.63) is 0 Å². The minimum atomic E-state index is -4.67. The van der Waals surface area contributed by atoms with Crippen LogP contribution in [0, 0.1) is 0 Å². The van der Waals surface area contributed by atoms with E-state index in [1.807, 2.05) is 0 Å². The van der Waals surface area contributed by atoms with Crippen molar-refractivity contribution in [3.8, 4) is 0 Å². The quantitative estimate of drug-likeness (QED) is 0.232. The van der Waals surface area contributed by atoms with E-state index in [1.165, 1.54) is 0 Å². The van der Waals surface area contributed by atoms with Gasteiger partial charge in [-0.05, 0) is 12.8 Å². The highest BCUT2D eigenvalue weighted by Gasteiger charge is 1.84. The van der Waals surface area contributed by atoms with Gasteiger partial charge in [0.1, 0.15) is 0 Å². The third-order valence-corrected chi connectivity index (χ3v) is 0.670. The smallest absolute Gasteiger partial charge is 0.394 e. The van der Waals surface area contributed by atoms with Gasteiger partial charge in [-0.3, -0.25) is 9.11 Å². The molecule has 0 saturated carbocycles. The van der Waals surface area contributed by atoms with Gasteiger partial charge < -0.3 is 16.1 Å². The Morgan fingerprint density at radius 1 is 1.23 bits per heavy atom. The summed E-state index contributed by atoms with van der Waals surface area (Å²) in [5.41, 5.74) is 0. The Bertz CT molecular complexity index is 157. The molecule has 8 nitrogen and oxygen atoms in total. The van der Waals surface area contributed by atoms with Crippen LogP contribution in [0.5, 0.6) is 0 Å². The van der Waals surface area contributed by atoms with Gasteiger partial charge in [0.05, 0.1) is 6.61 Å². The van der Waals surface area contributed by atoms with Crippen molar-refractivity contribution >= 4 is 10.4 Å². The Balaban J connectivity index is -0.000000150. The topological polar surface area (TPSA) is 165 Å². The number of hydrogen-bond acceptors (Lipinski definition) is 6. The summed E-state index contributed by atoms with van der Waals surface area (Å²) in [7, 11) is -4.67. The van der Waals surface area contributed by atoms with Crippen LogP contribution >= 0.6 is 0 Å². The van der Waals surface area contributed by atoms with Crippen LogP contribution in [0.4, 0.5) is 0 Å². The molecule has 0 aliphatic carbocycles. The highest BCUT2D eigenvalue weighted by Crippen LogP contribution is 1.83. The molecule has 0 aliphatic heterocycles. The predicted molar refractivity (Wildman–Crippen MR) is 45.7 cm³/mol. The van der Waals surface area contributed by atoms with Gasteiger partial charge in [0.25, 0.3) is 0 Å². The maximum atomic E-state index is 8.74. The van der Waals surface area contributed by atoms with Gasteiger partial charge >= 0.3 is 10.4 Å². The predicted octanol–water partition coefficient (Wildman–Crippen LogP) is -0.842. The van der Waals surface area contributed by atoms with Crippen molar-refractivity contribution in [1.82, 2.24) is 6.15 Å². The Morgan fingerprint density at radius 3 is 1.85 bits per heavy atom. The number of hydrogen-bond donors (Lipinski definition) is 5. The first-order valence-corrected chi connectivity index (χ1v) is 4.44. The fraction of sp³-hybridized carbons (Fsp3) is 1.00. The fourth-order valence-electron chi connectivity index (χ4n) is 0.297. The highest BCUT2D eigenvalue weighted by molar-refractivity contribution is 7.79. The molecule has 0 bridgehead atoms. The van der Waals surface area contributed by atoms with Crippen LogP contribution in [0.2, 0.25) is 0 Å². The van der Waals surface area contributed by atoms with Gasteiger partial charge in [0.15, 0.2) is 0 Å². The lowest BCUT2D eigenvalue weighted by atomic mass is 10.3. The molecule has 0 aromatic rings. The number of aliphatic hydroxyl groups is 1. The van der Waals surface area contributed by atoms with E-state index in [0.717, 1.165) is 12.8 Å². The van der Waals surface area contributed by atoms with Gasteiger partial charge in [-0.2, -0.15) is 8.42 Å². The maximum Gasteiger partial charge on any atom is 0.394 e. The summed E-state index contributed by atoms with van der Waals surface area (Å²) in [5, 5.41) is 8.20. The lowest BCUT2D eigenvalue weighted by Gasteiger charge is -1.91. The van der Waals surface area contributed by atoms with E-state index in [2.05, 4.69) is 10.7 Å². The minimum Gasteiger partial charge on any atom is -0.396 e. The molecule has 0 aromatic heterocycles. The van der Waals surface area contributed by atoms with Crippen LogP contribution in [-0.2, 0) is 15.2 Å². The Hall–Kier alpha value is -0.290. The number of nitrogens with two attached hydrogens (primary N) is 1. The summed E-state index contributed by atoms with van der Waals surface area (Å²) in [4.78, 5) is 4.23. The number of unbranched alkanes of at least 4 members (excludes halogenated alkanes) is 1. The lowest BCUT2D eigenvalue weighted by molar-refractivity contribution is 0.128. The van der Waals surface area contributed by atoms with Crippen molar-refractivity contribution in [2.75, 3.05) is 13.2 Å². The Labute approximate surface area is 76.8 Å². The molecule has 0 fully saturated rings. The van der Waals surface area contributed by atoms with Gasteiger partial charge in [0.2, 0.25) is 0 Å². The van der Waals surface area contributed by atoms with E-state index >= 15 is 0 Å². The first-order valence-electron chi connectivity index (χ1n) is 3.04. The molecule has 0 aromatic carbocycles. The fourth-order valence-corrected chi connectivity index (χ4v) is 0.297. The molecule has 0 rings (SSSR count). The summed E-state index contributed by atoms with van der Waals surface area (Å²) in [5.74, 6) is 4.69. The van der Waals surface area contributed by atoms with Crippen molar-refractivity contribution < 1.29 is 27.5 Å². The second-order valence-electron chi connectivity index (χ2n) is 1.75. The SMILES string of the molecule is N.NOCCCCO.O=S(=O)(O)O. The molecule has 0 aliphatic rings. The van der Waals surface area contributed by atoms with Gasteiger partial charge in [-0.25, -0.2) is 5.90 Å². The van der Waals surface area contributed by atoms with Crippen LogP contribution in [0.15, 0.2) is 0 Å². The summed E-state index contributed by atoms with van der Waals surface area (Å²) in [6, 6.07) is 0. The molecule has 0 atom stereocenters. The second-order valence-corrected chi connectivity index (χ2v) is 2.65. The van der Waals surface area contributed by atoms with Crippen LogP contribution in [0.3, 0.4) is 0 Å². The summed E-state index contributed by atoms with van der Waals surface area (Å²) in [6.07, 6.45) is 1.62. The molecule has 0 amide bonds. The van der Waals surface area contributed by atoms with E-state index < -0.39 is 10.4 Å². The summed E-state index contributed by atoms with van der Waals surface area (Å²) < 4.78 is 31.6. The van der Waals surface area contributed by atoms with E-state index in [1.54, 1.807) is 0 Å².